The third kappa shape index (κ3) is 3.46. The Hall–Kier alpha value is -1.77. The summed E-state index contributed by atoms with van der Waals surface area (Å²) in [5.74, 6) is 0.598. The smallest absolute Gasteiger partial charge is 0.251 e. The molecule has 0 spiro atoms. The molecule has 0 atom stereocenters. The van der Waals surface area contributed by atoms with Crippen LogP contribution in [0.4, 0.5) is 0 Å². The van der Waals surface area contributed by atoms with E-state index in [0.29, 0.717) is 17.9 Å². The number of carbonyl (C=O) groups excluding carboxylic acids is 1. The van der Waals surface area contributed by atoms with Crippen LogP contribution in [0.15, 0.2) is 36.4 Å². The summed E-state index contributed by atoms with van der Waals surface area (Å²) in [6, 6.07) is 7.07. The van der Waals surface area contributed by atoms with Crippen molar-refractivity contribution < 1.29 is 9.53 Å². The van der Waals surface area contributed by atoms with Gasteiger partial charge in [0.05, 0.1) is 7.11 Å². The largest absolute Gasteiger partial charge is 0.497 e. The SMILES string of the molecule is C/C=C/CNC(=O)c1cccc(OC)c1. The Bertz CT molecular complexity index is 358. The van der Waals surface area contributed by atoms with Crippen molar-refractivity contribution in [3.8, 4) is 5.75 Å². The molecule has 80 valence electrons. The molecule has 0 heterocycles. The van der Waals surface area contributed by atoms with Gasteiger partial charge in [-0.25, -0.2) is 0 Å². The van der Waals surface area contributed by atoms with Crippen LogP contribution in [0.1, 0.15) is 17.3 Å². The fraction of sp³-hybridized carbons (Fsp3) is 0.250. The maximum absolute atomic E-state index is 11.6. The average Bonchev–Trinajstić information content (AvgIpc) is 2.29. The van der Waals surface area contributed by atoms with E-state index in [4.69, 9.17) is 4.74 Å². The molecule has 1 N–H and O–H groups in total. The van der Waals surface area contributed by atoms with Gasteiger partial charge in [0.25, 0.3) is 5.91 Å². The quantitative estimate of drug-likeness (QED) is 0.763. The molecule has 3 heteroatoms. The summed E-state index contributed by atoms with van der Waals surface area (Å²) in [5, 5.41) is 2.77. The molecule has 0 radical (unpaired) electrons. The zero-order valence-corrected chi connectivity index (χ0v) is 8.99. The minimum atomic E-state index is -0.0907. The molecule has 15 heavy (non-hydrogen) atoms. The van der Waals surface area contributed by atoms with E-state index in [2.05, 4.69) is 5.32 Å². The molecule has 3 nitrogen and oxygen atoms in total. The molecule has 1 aromatic carbocycles. The number of ether oxygens (including phenoxy) is 1. The van der Waals surface area contributed by atoms with Crippen molar-refractivity contribution in [1.29, 1.82) is 0 Å². The highest BCUT2D eigenvalue weighted by Gasteiger charge is 2.04. The summed E-state index contributed by atoms with van der Waals surface area (Å²) in [7, 11) is 1.58. The van der Waals surface area contributed by atoms with E-state index in [1.807, 2.05) is 25.1 Å². The second-order valence-electron chi connectivity index (χ2n) is 3.01. The molecule has 0 aliphatic heterocycles. The summed E-state index contributed by atoms with van der Waals surface area (Å²) in [4.78, 5) is 11.6. The summed E-state index contributed by atoms with van der Waals surface area (Å²) in [5.41, 5.74) is 0.610. The van der Waals surface area contributed by atoms with Crippen LogP contribution in [-0.2, 0) is 0 Å². The van der Waals surface area contributed by atoms with Crippen LogP contribution in [0.2, 0.25) is 0 Å². The molecule has 0 fully saturated rings. The van der Waals surface area contributed by atoms with Gasteiger partial charge < -0.3 is 10.1 Å². The minimum Gasteiger partial charge on any atom is -0.497 e. The zero-order chi connectivity index (χ0) is 11.1. The third-order valence-corrected chi connectivity index (χ3v) is 1.95. The number of allylic oxidation sites excluding steroid dienone is 1. The van der Waals surface area contributed by atoms with E-state index in [0.717, 1.165) is 0 Å². The van der Waals surface area contributed by atoms with Gasteiger partial charge in [-0.3, -0.25) is 4.79 Å². The Morgan fingerprint density at radius 2 is 2.33 bits per heavy atom. The van der Waals surface area contributed by atoms with Gasteiger partial charge in [0.2, 0.25) is 0 Å². The van der Waals surface area contributed by atoms with Crippen LogP contribution in [-0.4, -0.2) is 19.6 Å². The van der Waals surface area contributed by atoms with E-state index in [-0.39, 0.29) is 5.91 Å². The highest BCUT2D eigenvalue weighted by molar-refractivity contribution is 5.94. The third-order valence-electron chi connectivity index (χ3n) is 1.95. The van der Waals surface area contributed by atoms with Gasteiger partial charge in [0.1, 0.15) is 5.75 Å². The number of benzene rings is 1. The van der Waals surface area contributed by atoms with Crippen LogP contribution < -0.4 is 10.1 Å². The first kappa shape index (κ1) is 11.3. The molecule has 0 saturated heterocycles. The summed E-state index contributed by atoms with van der Waals surface area (Å²) < 4.78 is 5.04. The average molecular weight is 205 g/mol. The van der Waals surface area contributed by atoms with Gasteiger partial charge >= 0.3 is 0 Å². The number of rotatable bonds is 4. The Kier molecular flexibility index (Phi) is 4.41. The molecule has 0 aliphatic rings. The lowest BCUT2D eigenvalue weighted by atomic mass is 10.2. The van der Waals surface area contributed by atoms with Gasteiger partial charge in [-0.05, 0) is 25.1 Å². The molecule has 0 aromatic heterocycles. The fourth-order valence-corrected chi connectivity index (χ4v) is 1.14. The van der Waals surface area contributed by atoms with E-state index in [1.54, 1.807) is 25.3 Å². The number of hydrogen-bond donors (Lipinski definition) is 1. The van der Waals surface area contributed by atoms with Crippen molar-refractivity contribution >= 4 is 5.91 Å². The number of nitrogens with one attached hydrogen (secondary N) is 1. The first-order chi connectivity index (χ1) is 7.27. The zero-order valence-electron chi connectivity index (χ0n) is 8.99. The first-order valence-electron chi connectivity index (χ1n) is 4.81. The normalized spacial score (nSPS) is 10.3. The molecule has 0 aliphatic carbocycles. The van der Waals surface area contributed by atoms with Gasteiger partial charge in [0.15, 0.2) is 0 Å². The predicted molar refractivity (Wildman–Crippen MR) is 60.1 cm³/mol. The monoisotopic (exact) mass is 205 g/mol. The van der Waals surface area contributed by atoms with Crippen LogP contribution in [0.5, 0.6) is 5.75 Å². The fourth-order valence-electron chi connectivity index (χ4n) is 1.14. The molecular formula is C12H15NO2. The van der Waals surface area contributed by atoms with Crippen molar-refractivity contribution in [2.24, 2.45) is 0 Å². The lowest BCUT2D eigenvalue weighted by molar-refractivity contribution is 0.0957. The van der Waals surface area contributed by atoms with Crippen molar-refractivity contribution in [2.45, 2.75) is 6.92 Å². The predicted octanol–water partition coefficient (Wildman–Crippen LogP) is 2.00. The van der Waals surface area contributed by atoms with Gasteiger partial charge in [0, 0.05) is 12.1 Å². The molecule has 1 amide bonds. The number of amides is 1. The van der Waals surface area contributed by atoms with Crippen LogP contribution >= 0.6 is 0 Å². The van der Waals surface area contributed by atoms with E-state index >= 15 is 0 Å². The van der Waals surface area contributed by atoms with Crippen LogP contribution in [0.3, 0.4) is 0 Å². The highest BCUT2D eigenvalue weighted by Crippen LogP contribution is 2.11. The summed E-state index contributed by atoms with van der Waals surface area (Å²) in [6.07, 6.45) is 3.78. The topological polar surface area (TPSA) is 38.3 Å². The lowest BCUT2D eigenvalue weighted by Crippen LogP contribution is -2.23. The molecule has 0 bridgehead atoms. The second-order valence-corrected chi connectivity index (χ2v) is 3.01. The van der Waals surface area contributed by atoms with Crippen molar-refractivity contribution in [2.75, 3.05) is 13.7 Å². The maximum atomic E-state index is 11.6. The van der Waals surface area contributed by atoms with E-state index < -0.39 is 0 Å². The molecule has 1 rings (SSSR count). The standard InChI is InChI=1S/C12H15NO2/c1-3-4-8-13-12(14)10-6-5-7-11(9-10)15-2/h3-7,9H,8H2,1-2H3,(H,13,14)/b4-3+. The summed E-state index contributed by atoms with van der Waals surface area (Å²) >= 11 is 0. The van der Waals surface area contributed by atoms with Gasteiger partial charge in [-0.1, -0.05) is 18.2 Å². The van der Waals surface area contributed by atoms with Crippen LogP contribution in [0.25, 0.3) is 0 Å². The van der Waals surface area contributed by atoms with Gasteiger partial charge in [-0.15, -0.1) is 0 Å². The Labute approximate surface area is 89.8 Å². The molecular weight excluding hydrogens is 190 g/mol. The van der Waals surface area contributed by atoms with Crippen LogP contribution in [0, 0.1) is 0 Å². The van der Waals surface area contributed by atoms with Crippen molar-refractivity contribution in [3.63, 3.8) is 0 Å². The van der Waals surface area contributed by atoms with E-state index in [9.17, 15) is 4.79 Å². The Morgan fingerprint density at radius 3 is 3.00 bits per heavy atom. The Morgan fingerprint density at radius 1 is 1.53 bits per heavy atom. The number of carbonyl (C=O) groups is 1. The van der Waals surface area contributed by atoms with Gasteiger partial charge in [-0.2, -0.15) is 0 Å². The highest BCUT2D eigenvalue weighted by atomic mass is 16.5. The Balaban J connectivity index is 2.64. The minimum absolute atomic E-state index is 0.0907. The number of hydrogen-bond acceptors (Lipinski definition) is 2. The molecule has 1 aromatic rings. The first-order valence-corrected chi connectivity index (χ1v) is 4.81. The molecule has 0 saturated carbocycles. The van der Waals surface area contributed by atoms with Crippen molar-refractivity contribution in [1.82, 2.24) is 5.32 Å². The van der Waals surface area contributed by atoms with Crippen molar-refractivity contribution in [3.05, 3.63) is 42.0 Å². The number of methoxy groups -OCH3 is 1. The molecule has 0 unspecified atom stereocenters. The second kappa shape index (κ2) is 5.86. The van der Waals surface area contributed by atoms with E-state index in [1.165, 1.54) is 0 Å². The summed E-state index contributed by atoms with van der Waals surface area (Å²) in [6.45, 7) is 2.46. The lowest BCUT2D eigenvalue weighted by Gasteiger charge is -2.04. The maximum Gasteiger partial charge on any atom is 0.251 e.